The molecule has 0 spiro atoms. The van der Waals surface area contributed by atoms with Crippen molar-refractivity contribution >= 4 is 39.2 Å². The fourth-order valence-electron chi connectivity index (χ4n) is 0.996. The first-order valence-electron chi connectivity index (χ1n) is 5.21. The maximum absolute atomic E-state index is 5.27. The van der Waals surface area contributed by atoms with Gasteiger partial charge in [0.2, 0.25) is 0 Å². The van der Waals surface area contributed by atoms with Crippen LogP contribution in [0.2, 0.25) is 0 Å². The molecule has 0 aromatic heterocycles. The largest absolute Gasteiger partial charge is 0.363 e. The Morgan fingerprint density at radius 2 is 1.65 bits per heavy atom. The smallest absolute Gasteiger partial charge is 0.170 e. The van der Waals surface area contributed by atoms with E-state index in [4.69, 9.17) is 12.2 Å². The summed E-state index contributed by atoms with van der Waals surface area (Å²) in [5.41, 5.74) is 0.935. The molecular weight excluding hydrogens is 250 g/mol. The Labute approximate surface area is 113 Å². The van der Waals surface area contributed by atoms with Gasteiger partial charge in [-0.1, -0.05) is 30.4 Å². The Balaban J connectivity index is 2.87. The minimum Gasteiger partial charge on any atom is -0.363 e. The molecule has 0 aliphatic carbocycles. The van der Waals surface area contributed by atoms with Crippen molar-refractivity contribution in [1.29, 1.82) is 0 Å². The van der Waals surface area contributed by atoms with E-state index in [2.05, 4.69) is 4.99 Å². The third kappa shape index (κ3) is 4.75. The minimum atomic E-state index is 0.799. The zero-order chi connectivity index (χ0) is 12.8. The number of aliphatic imine (C=N–C) groups is 1. The monoisotopic (exact) mass is 267 g/mol. The van der Waals surface area contributed by atoms with Gasteiger partial charge in [-0.25, -0.2) is 4.99 Å². The van der Waals surface area contributed by atoms with Gasteiger partial charge in [0.15, 0.2) is 5.17 Å². The van der Waals surface area contributed by atoms with Gasteiger partial charge in [0.25, 0.3) is 0 Å². The molecule has 0 heterocycles. The molecule has 0 amide bonds. The van der Waals surface area contributed by atoms with Crippen molar-refractivity contribution in [2.75, 3.05) is 28.2 Å². The summed E-state index contributed by atoms with van der Waals surface area (Å²) >= 11 is 6.76. The number of amidine groups is 1. The molecule has 3 nitrogen and oxygen atoms in total. The molecule has 0 unspecified atom stereocenters. The van der Waals surface area contributed by atoms with Crippen LogP contribution in [-0.2, 0) is 0 Å². The third-order valence-corrected chi connectivity index (χ3v) is 3.70. The van der Waals surface area contributed by atoms with Gasteiger partial charge in [-0.2, -0.15) is 0 Å². The fraction of sp³-hybridized carbons (Fsp3) is 0.333. The van der Waals surface area contributed by atoms with Crippen LogP contribution in [-0.4, -0.2) is 47.5 Å². The van der Waals surface area contributed by atoms with Crippen molar-refractivity contribution < 1.29 is 0 Å². The fourth-order valence-corrected chi connectivity index (χ4v) is 1.89. The summed E-state index contributed by atoms with van der Waals surface area (Å²) in [4.78, 5) is 8.44. The molecule has 1 rings (SSSR count). The van der Waals surface area contributed by atoms with Crippen LogP contribution in [0.1, 0.15) is 0 Å². The van der Waals surface area contributed by atoms with E-state index < -0.39 is 0 Å². The number of para-hydroxylation sites is 1. The van der Waals surface area contributed by atoms with E-state index in [0.717, 1.165) is 15.2 Å². The zero-order valence-corrected chi connectivity index (χ0v) is 12.2. The average molecular weight is 267 g/mol. The molecule has 0 fully saturated rings. The van der Waals surface area contributed by atoms with Crippen LogP contribution in [0, 0.1) is 0 Å². The van der Waals surface area contributed by atoms with Crippen LogP contribution in [0.4, 0.5) is 5.69 Å². The summed E-state index contributed by atoms with van der Waals surface area (Å²) in [5.74, 6) is 0. The summed E-state index contributed by atoms with van der Waals surface area (Å²) in [6.07, 6.45) is 0. The number of thioether (sulfide) groups is 1. The van der Waals surface area contributed by atoms with Gasteiger partial charge >= 0.3 is 0 Å². The maximum atomic E-state index is 5.27. The van der Waals surface area contributed by atoms with Crippen molar-refractivity contribution in [1.82, 2.24) is 9.80 Å². The standard InChI is InChI=1S/C12H17N3S2/c1-14(2)11(17-12(16)15(3)4)13-10-8-6-5-7-9-10/h5-9H,1-4H3. The lowest BCUT2D eigenvalue weighted by Crippen LogP contribution is -2.24. The lowest BCUT2D eigenvalue weighted by molar-refractivity contribution is 0.634. The first-order valence-corrected chi connectivity index (χ1v) is 6.43. The van der Waals surface area contributed by atoms with Crippen molar-refractivity contribution in [2.45, 2.75) is 0 Å². The molecule has 1 aromatic rings. The van der Waals surface area contributed by atoms with Crippen LogP contribution in [0.25, 0.3) is 0 Å². The molecule has 0 radical (unpaired) electrons. The number of benzene rings is 1. The van der Waals surface area contributed by atoms with Crippen LogP contribution >= 0.6 is 24.0 Å². The highest BCUT2D eigenvalue weighted by Gasteiger charge is 2.09. The molecule has 0 N–H and O–H groups in total. The lowest BCUT2D eigenvalue weighted by atomic mass is 10.3. The van der Waals surface area contributed by atoms with Crippen LogP contribution in [0.3, 0.4) is 0 Å². The number of hydrogen-bond donors (Lipinski definition) is 0. The van der Waals surface area contributed by atoms with Crippen molar-refractivity contribution in [3.8, 4) is 0 Å². The van der Waals surface area contributed by atoms with Crippen molar-refractivity contribution in [3.05, 3.63) is 30.3 Å². The predicted molar refractivity (Wildman–Crippen MR) is 81.1 cm³/mol. The Kier molecular flexibility index (Phi) is 5.44. The molecule has 17 heavy (non-hydrogen) atoms. The van der Waals surface area contributed by atoms with E-state index in [9.17, 15) is 0 Å². The van der Waals surface area contributed by atoms with E-state index >= 15 is 0 Å². The van der Waals surface area contributed by atoms with E-state index in [-0.39, 0.29) is 0 Å². The quantitative estimate of drug-likeness (QED) is 0.442. The molecule has 0 bridgehead atoms. The van der Waals surface area contributed by atoms with Crippen LogP contribution in [0.5, 0.6) is 0 Å². The highest BCUT2D eigenvalue weighted by molar-refractivity contribution is 8.32. The SMILES string of the molecule is CN(C)C(=S)SC(=Nc1ccccc1)N(C)C. The molecule has 1 aromatic carbocycles. The van der Waals surface area contributed by atoms with Crippen LogP contribution in [0.15, 0.2) is 35.3 Å². The summed E-state index contributed by atoms with van der Waals surface area (Å²) in [7, 11) is 7.80. The number of thiocarbonyl (C=S) groups is 1. The van der Waals surface area contributed by atoms with Gasteiger partial charge in [0.05, 0.1) is 5.69 Å². The van der Waals surface area contributed by atoms with Crippen molar-refractivity contribution in [3.63, 3.8) is 0 Å². The molecular formula is C12H17N3S2. The summed E-state index contributed by atoms with van der Waals surface area (Å²) in [6.45, 7) is 0. The Bertz CT molecular complexity index is 399. The van der Waals surface area contributed by atoms with Crippen molar-refractivity contribution in [2.24, 2.45) is 4.99 Å². The second-order valence-electron chi connectivity index (χ2n) is 3.89. The molecule has 0 saturated heterocycles. The molecule has 0 aliphatic heterocycles. The van der Waals surface area contributed by atoms with Gasteiger partial charge in [0, 0.05) is 28.2 Å². The Hall–Kier alpha value is -1.07. The van der Waals surface area contributed by atoms with E-state index in [1.807, 2.05) is 68.3 Å². The number of hydrogen-bond acceptors (Lipinski definition) is 3. The summed E-state index contributed by atoms with van der Waals surface area (Å²) in [6, 6.07) is 9.87. The van der Waals surface area contributed by atoms with E-state index in [1.54, 1.807) is 0 Å². The maximum Gasteiger partial charge on any atom is 0.170 e. The van der Waals surface area contributed by atoms with Gasteiger partial charge in [0.1, 0.15) is 4.32 Å². The summed E-state index contributed by atoms with van der Waals surface area (Å²) < 4.78 is 0.799. The highest BCUT2D eigenvalue weighted by atomic mass is 32.2. The third-order valence-electron chi connectivity index (χ3n) is 1.91. The first-order chi connectivity index (χ1) is 8.00. The first kappa shape index (κ1) is 14.0. The number of nitrogens with zero attached hydrogens (tertiary/aromatic N) is 3. The second-order valence-corrected chi connectivity index (χ2v) is 5.49. The Morgan fingerprint density at radius 1 is 1.06 bits per heavy atom. The molecule has 0 saturated carbocycles. The minimum absolute atomic E-state index is 0.799. The Morgan fingerprint density at radius 3 is 2.12 bits per heavy atom. The van der Waals surface area contributed by atoms with Gasteiger partial charge < -0.3 is 9.80 Å². The lowest BCUT2D eigenvalue weighted by Gasteiger charge is -2.18. The van der Waals surface area contributed by atoms with E-state index in [0.29, 0.717) is 0 Å². The van der Waals surface area contributed by atoms with E-state index in [1.165, 1.54) is 11.8 Å². The van der Waals surface area contributed by atoms with Crippen LogP contribution < -0.4 is 0 Å². The summed E-state index contributed by atoms with van der Waals surface area (Å²) in [5, 5.41) is 0.884. The molecule has 0 atom stereocenters. The predicted octanol–water partition coefficient (Wildman–Crippen LogP) is 2.82. The molecule has 0 aliphatic rings. The number of rotatable bonds is 1. The zero-order valence-electron chi connectivity index (χ0n) is 10.5. The van der Waals surface area contributed by atoms with Gasteiger partial charge in [-0.3, -0.25) is 0 Å². The topological polar surface area (TPSA) is 18.8 Å². The normalized spacial score (nSPS) is 11.2. The highest BCUT2D eigenvalue weighted by Crippen LogP contribution is 2.17. The molecule has 92 valence electrons. The van der Waals surface area contributed by atoms with Gasteiger partial charge in [-0.15, -0.1) is 0 Å². The second kappa shape index (κ2) is 6.61. The molecule has 5 heteroatoms. The van der Waals surface area contributed by atoms with Gasteiger partial charge in [-0.05, 0) is 23.9 Å². The average Bonchev–Trinajstić information content (AvgIpc) is 2.29.